The second kappa shape index (κ2) is 8.06. The van der Waals surface area contributed by atoms with E-state index in [1.165, 1.54) is 12.1 Å². The van der Waals surface area contributed by atoms with Gasteiger partial charge in [0.2, 0.25) is 15.9 Å². The van der Waals surface area contributed by atoms with Gasteiger partial charge in [-0.1, -0.05) is 6.92 Å². The van der Waals surface area contributed by atoms with Gasteiger partial charge in [0, 0.05) is 18.9 Å². The number of nitrogens with one attached hydrogen (secondary N) is 1. The van der Waals surface area contributed by atoms with Crippen molar-refractivity contribution < 1.29 is 17.6 Å². The standard InChI is InChI=1S/C17H20FN3O3S/c1-3-16(17(22)20-12-13-8-10-19-11-9-13)21(25(2,23)24)15-6-4-14(18)5-7-15/h4-11,16H,3,12H2,1-2H3,(H,20,22)/t16-/m0/s1. The SMILES string of the molecule is CC[C@@H](C(=O)NCc1ccncc1)N(c1ccc(F)cc1)S(C)(=O)=O. The molecule has 1 amide bonds. The fourth-order valence-corrected chi connectivity index (χ4v) is 3.67. The number of carbonyl (C=O) groups excluding carboxylic acids is 1. The molecule has 0 saturated heterocycles. The maximum absolute atomic E-state index is 13.1. The van der Waals surface area contributed by atoms with E-state index >= 15 is 0 Å². The Hall–Kier alpha value is -2.48. The molecule has 0 bridgehead atoms. The molecule has 1 aromatic heterocycles. The van der Waals surface area contributed by atoms with Crippen molar-refractivity contribution in [2.24, 2.45) is 0 Å². The topological polar surface area (TPSA) is 79.4 Å². The van der Waals surface area contributed by atoms with Crippen LogP contribution in [-0.2, 0) is 21.4 Å². The first-order valence-electron chi connectivity index (χ1n) is 7.74. The van der Waals surface area contributed by atoms with Gasteiger partial charge in [0.25, 0.3) is 0 Å². The summed E-state index contributed by atoms with van der Waals surface area (Å²) in [6.45, 7) is 1.98. The minimum atomic E-state index is -3.73. The van der Waals surface area contributed by atoms with Crippen LogP contribution in [0.15, 0.2) is 48.8 Å². The van der Waals surface area contributed by atoms with Crippen LogP contribution in [0, 0.1) is 5.82 Å². The highest BCUT2D eigenvalue weighted by Gasteiger charge is 2.31. The predicted octanol–water partition coefficient (Wildman–Crippen LogP) is 2.08. The molecule has 0 spiro atoms. The van der Waals surface area contributed by atoms with E-state index in [0.29, 0.717) is 0 Å². The Morgan fingerprint density at radius 3 is 2.32 bits per heavy atom. The lowest BCUT2D eigenvalue weighted by Gasteiger charge is -2.30. The molecule has 0 aliphatic rings. The molecule has 1 aromatic carbocycles. The quantitative estimate of drug-likeness (QED) is 0.815. The first-order chi connectivity index (χ1) is 11.8. The number of sulfonamides is 1. The van der Waals surface area contributed by atoms with Gasteiger partial charge in [-0.25, -0.2) is 12.8 Å². The van der Waals surface area contributed by atoms with Crippen molar-refractivity contribution in [1.82, 2.24) is 10.3 Å². The van der Waals surface area contributed by atoms with Crippen LogP contribution in [0.5, 0.6) is 0 Å². The van der Waals surface area contributed by atoms with Gasteiger partial charge in [0.05, 0.1) is 11.9 Å². The normalized spacial score (nSPS) is 12.4. The maximum Gasteiger partial charge on any atom is 0.244 e. The zero-order chi connectivity index (χ0) is 18.4. The Labute approximate surface area is 146 Å². The van der Waals surface area contributed by atoms with Crippen LogP contribution >= 0.6 is 0 Å². The molecule has 1 N–H and O–H groups in total. The highest BCUT2D eigenvalue weighted by Crippen LogP contribution is 2.22. The van der Waals surface area contributed by atoms with Gasteiger partial charge >= 0.3 is 0 Å². The Bertz CT molecular complexity index is 811. The third-order valence-corrected chi connectivity index (χ3v) is 4.81. The molecule has 25 heavy (non-hydrogen) atoms. The zero-order valence-electron chi connectivity index (χ0n) is 14.0. The fraction of sp³-hybridized carbons (Fsp3) is 0.294. The Balaban J connectivity index is 2.23. The average Bonchev–Trinajstić information content (AvgIpc) is 2.58. The fourth-order valence-electron chi connectivity index (χ4n) is 2.46. The van der Waals surface area contributed by atoms with E-state index in [9.17, 15) is 17.6 Å². The number of hydrogen-bond acceptors (Lipinski definition) is 4. The summed E-state index contributed by atoms with van der Waals surface area (Å²) in [5.41, 5.74) is 1.10. The van der Waals surface area contributed by atoms with Gasteiger partial charge in [-0.15, -0.1) is 0 Å². The van der Waals surface area contributed by atoms with Gasteiger partial charge in [-0.2, -0.15) is 0 Å². The van der Waals surface area contributed by atoms with Crippen molar-refractivity contribution in [2.45, 2.75) is 25.9 Å². The van der Waals surface area contributed by atoms with E-state index in [0.717, 1.165) is 28.3 Å². The number of carbonyl (C=O) groups is 1. The first kappa shape index (κ1) is 18.9. The molecule has 0 unspecified atom stereocenters. The number of halogens is 1. The van der Waals surface area contributed by atoms with E-state index in [1.807, 2.05) is 0 Å². The van der Waals surface area contributed by atoms with Gasteiger partial charge in [-0.05, 0) is 48.4 Å². The third-order valence-electron chi connectivity index (χ3n) is 3.63. The molecular formula is C17H20FN3O3S. The van der Waals surface area contributed by atoms with Crippen molar-refractivity contribution in [3.05, 3.63) is 60.2 Å². The largest absolute Gasteiger partial charge is 0.350 e. The molecule has 0 radical (unpaired) electrons. The van der Waals surface area contributed by atoms with E-state index in [2.05, 4.69) is 10.3 Å². The molecule has 0 aliphatic heterocycles. The van der Waals surface area contributed by atoms with Gasteiger partial charge in [0.15, 0.2) is 0 Å². The van der Waals surface area contributed by atoms with Crippen LogP contribution in [0.2, 0.25) is 0 Å². The molecule has 6 nitrogen and oxygen atoms in total. The molecule has 0 fully saturated rings. The molecule has 0 saturated carbocycles. The van der Waals surface area contributed by atoms with Gasteiger partial charge < -0.3 is 5.32 Å². The van der Waals surface area contributed by atoms with E-state index < -0.39 is 27.8 Å². The zero-order valence-corrected chi connectivity index (χ0v) is 14.8. The maximum atomic E-state index is 13.1. The molecule has 1 atom stereocenters. The summed E-state index contributed by atoms with van der Waals surface area (Å²) in [6, 6.07) is 7.60. The molecule has 2 aromatic rings. The molecule has 2 rings (SSSR count). The predicted molar refractivity (Wildman–Crippen MR) is 93.9 cm³/mol. The van der Waals surface area contributed by atoms with Crippen molar-refractivity contribution in [1.29, 1.82) is 0 Å². The Morgan fingerprint density at radius 2 is 1.80 bits per heavy atom. The third kappa shape index (κ3) is 4.99. The first-order valence-corrected chi connectivity index (χ1v) is 9.59. The molecule has 134 valence electrons. The monoisotopic (exact) mass is 365 g/mol. The summed E-state index contributed by atoms with van der Waals surface area (Å²) >= 11 is 0. The molecule has 8 heteroatoms. The lowest BCUT2D eigenvalue weighted by molar-refractivity contribution is -0.122. The summed E-state index contributed by atoms with van der Waals surface area (Å²) in [4.78, 5) is 16.5. The Morgan fingerprint density at radius 1 is 1.20 bits per heavy atom. The second-order valence-corrected chi connectivity index (χ2v) is 7.39. The van der Waals surface area contributed by atoms with Crippen LogP contribution < -0.4 is 9.62 Å². The lowest BCUT2D eigenvalue weighted by Crippen LogP contribution is -2.49. The summed E-state index contributed by atoms with van der Waals surface area (Å²) in [5, 5.41) is 2.74. The summed E-state index contributed by atoms with van der Waals surface area (Å²) in [6.07, 6.45) is 4.52. The minimum absolute atomic E-state index is 0.245. The van der Waals surface area contributed by atoms with E-state index in [1.54, 1.807) is 31.5 Å². The summed E-state index contributed by atoms with van der Waals surface area (Å²) in [7, 11) is -3.73. The minimum Gasteiger partial charge on any atom is -0.350 e. The van der Waals surface area contributed by atoms with Crippen LogP contribution in [0.1, 0.15) is 18.9 Å². The van der Waals surface area contributed by atoms with E-state index in [4.69, 9.17) is 0 Å². The molecule has 0 aliphatic carbocycles. The summed E-state index contributed by atoms with van der Waals surface area (Å²) in [5.74, 6) is -0.901. The number of nitrogens with zero attached hydrogens (tertiary/aromatic N) is 2. The van der Waals surface area contributed by atoms with Crippen LogP contribution in [0.25, 0.3) is 0 Å². The smallest absolute Gasteiger partial charge is 0.244 e. The van der Waals surface area contributed by atoms with Crippen molar-refractivity contribution in [3.63, 3.8) is 0 Å². The second-order valence-electron chi connectivity index (χ2n) is 5.53. The summed E-state index contributed by atoms with van der Waals surface area (Å²) < 4.78 is 38.6. The van der Waals surface area contributed by atoms with Crippen molar-refractivity contribution in [3.8, 4) is 0 Å². The number of hydrogen-bond donors (Lipinski definition) is 1. The van der Waals surface area contributed by atoms with E-state index in [-0.39, 0.29) is 18.7 Å². The lowest BCUT2D eigenvalue weighted by atomic mass is 10.1. The number of anilines is 1. The van der Waals surface area contributed by atoms with Crippen molar-refractivity contribution in [2.75, 3.05) is 10.6 Å². The average molecular weight is 365 g/mol. The van der Waals surface area contributed by atoms with Gasteiger partial charge in [0.1, 0.15) is 11.9 Å². The number of rotatable bonds is 7. The number of amides is 1. The molecule has 1 heterocycles. The molecular weight excluding hydrogens is 345 g/mol. The van der Waals surface area contributed by atoms with Crippen molar-refractivity contribution >= 4 is 21.6 Å². The number of pyridine rings is 1. The Kier molecular flexibility index (Phi) is 6.08. The number of aromatic nitrogens is 1. The van der Waals surface area contributed by atoms with Gasteiger partial charge in [-0.3, -0.25) is 14.1 Å². The van der Waals surface area contributed by atoms with Crippen LogP contribution in [0.3, 0.4) is 0 Å². The number of benzene rings is 1. The van der Waals surface area contributed by atoms with Crippen LogP contribution in [-0.4, -0.2) is 31.6 Å². The highest BCUT2D eigenvalue weighted by molar-refractivity contribution is 7.92. The van der Waals surface area contributed by atoms with Crippen LogP contribution in [0.4, 0.5) is 10.1 Å². The highest BCUT2D eigenvalue weighted by atomic mass is 32.2.